The molecule has 0 N–H and O–H groups in total. The van der Waals surface area contributed by atoms with Crippen LogP contribution in [-0.4, -0.2) is 39.1 Å². The lowest BCUT2D eigenvalue weighted by atomic mass is 10.4. The molecule has 4 nitrogen and oxygen atoms in total. The van der Waals surface area contributed by atoms with Gasteiger partial charge in [0.1, 0.15) is 0 Å². The van der Waals surface area contributed by atoms with Gasteiger partial charge in [0, 0.05) is 23.6 Å². The molecule has 0 spiro atoms. The van der Waals surface area contributed by atoms with E-state index in [2.05, 4.69) is 30.9 Å². The SMILES string of the molecule is Brc1ccn2nc(CCN3CCCC3)nc2c1. The molecular formula is C12H15BrN4. The van der Waals surface area contributed by atoms with Crippen LogP contribution in [0, 0.1) is 0 Å². The molecule has 0 aliphatic carbocycles. The second kappa shape index (κ2) is 4.74. The monoisotopic (exact) mass is 294 g/mol. The lowest BCUT2D eigenvalue weighted by Gasteiger charge is -2.12. The highest BCUT2D eigenvalue weighted by atomic mass is 79.9. The van der Waals surface area contributed by atoms with Gasteiger partial charge < -0.3 is 4.90 Å². The van der Waals surface area contributed by atoms with E-state index in [1.165, 1.54) is 25.9 Å². The standard InChI is InChI=1S/C12H15BrN4/c13-10-3-8-17-12(9-10)14-11(15-17)4-7-16-5-1-2-6-16/h3,8-9H,1-2,4-7H2. The molecule has 1 aliphatic rings. The summed E-state index contributed by atoms with van der Waals surface area (Å²) in [6.07, 6.45) is 5.56. The summed E-state index contributed by atoms with van der Waals surface area (Å²) in [5, 5.41) is 4.47. The van der Waals surface area contributed by atoms with Crippen LogP contribution in [0.25, 0.3) is 5.65 Å². The van der Waals surface area contributed by atoms with E-state index in [9.17, 15) is 0 Å². The van der Waals surface area contributed by atoms with Crippen molar-refractivity contribution in [2.75, 3.05) is 19.6 Å². The molecule has 2 aromatic heterocycles. The molecule has 1 aliphatic heterocycles. The van der Waals surface area contributed by atoms with E-state index in [0.29, 0.717) is 0 Å². The highest BCUT2D eigenvalue weighted by Gasteiger charge is 2.12. The van der Waals surface area contributed by atoms with Crippen molar-refractivity contribution in [3.05, 3.63) is 28.6 Å². The number of pyridine rings is 1. The van der Waals surface area contributed by atoms with E-state index in [4.69, 9.17) is 0 Å². The number of rotatable bonds is 3. The molecule has 0 saturated carbocycles. The van der Waals surface area contributed by atoms with Crippen molar-refractivity contribution in [3.8, 4) is 0 Å². The zero-order valence-electron chi connectivity index (χ0n) is 9.64. The molecular weight excluding hydrogens is 280 g/mol. The molecule has 0 aromatic carbocycles. The first-order chi connectivity index (χ1) is 8.31. The van der Waals surface area contributed by atoms with Gasteiger partial charge in [-0.05, 0) is 38.1 Å². The Labute approximate surface area is 109 Å². The Morgan fingerprint density at radius 3 is 2.94 bits per heavy atom. The Morgan fingerprint density at radius 1 is 1.29 bits per heavy atom. The maximum absolute atomic E-state index is 4.53. The van der Waals surface area contributed by atoms with Gasteiger partial charge >= 0.3 is 0 Å². The largest absolute Gasteiger partial charge is 0.303 e. The van der Waals surface area contributed by atoms with Crippen LogP contribution in [-0.2, 0) is 6.42 Å². The Kier molecular flexibility index (Phi) is 3.11. The second-order valence-corrected chi connectivity index (χ2v) is 5.39. The smallest absolute Gasteiger partial charge is 0.156 e. The van der Waals surface area contributed by atoms with E-state index in [-0.39, 0.29) is 0 Å². The summed E-state index contributed by atoms with van der Waals surface area (Å²) >= 11 is 3.45. The number of hydrogen-bond acceptors (Lipinski definition) is 3. The molecule has 17 heavy (non-hydrogen) atoms. The maximum atomic E-state index is 4.53. The van der Waals surface area contributed by atoms with E-state index in [0.717, 1.165) is 28.9 Å². The lowest BCUT2D eigenvalue weighted by Crippen LogP contribution is -2.22. The molecule has 3 heterocycles. The van der Waals surface area contributed by atoms with Crippen LogP contribution >= 0.6 is 15.9 Å². The van der Waals surface area contributed by atoms with Crippen molar-refractivity contribution in [1.82, 2.24) is 19.5 Å². The molecule has 5 heteroatoms. The van der Waals surface area contributed by atoms with Gasteiger partial charge in [-0.25, -0.2) is 9.50 Å². The first kappa shape index (κ1) is 11.2. The molecule has 1 fully saturated rings. The van der Waals surface area contributed by atoms with Gasteiger partial charge in [0.25, 0.3) is 0 Å². The highest BCUT2D eigenvalue weighted by molar-refractivity contribution is 9.10. The third-order valence-corrected chi connectivity index (χ3v) is 3.69. The number of halogens is 1. The summed E-state index contributed by atoms with van der Waals surface area (Å²) in [6.45, 7) is 3.55. The first-order valence-electron chi connectivity index (χ1n) is 6.04. The van der Waals surface area contributed by atoms with Crippen molar-refractivity contribution >= 4 is 21.6 Å². The van der Waals surface area contributed by atoms with Gasteiger partial charge in [-0.2, -0.15) is 5.10 Å². The average molecular weight is 295 g/mol. The summed E-state index contributed by atoms with van der Waals surface area (Å²) in [4.78, 5) is 7.02. The predicted molar refractivity (Wildman–Crippen MR) is 70.1 cm³/mol. The van der Waals surface area contributed by atoms with Crippen LogP contribution in [0.3, 0.4) is 0 Å². The van der Waals surface area contributed by atoms with Gasteiger partial charge in [-0.3, -0.25) is 0 Å². The first-order valence-corrected chi connectivity index (χ1v) is 6.84. The number of aromatic nitrogens is 3. The number of fused-ring (bicyclic) bond motifs is 1. The molecule has 90 valence electrons. The predicted octanol–water partition coefficient (Wildman–Crippen LogP) is 2.13. The van der Waals surface area contributed by atoms with Crippen LogP contribution in [0.2, 0.25) is 0 Å². The Hall–Kier alpha value is -0.940. The van der Waals surface area contributed by atoms with Gasteiger partial charge in [0.05, 0.1) is 0 Å². The molecule has 2 aromatic rings. The van der Waals surface area contributed by atoms with Crippen molar-refractivity contribution in [3.63, 3.8) is 0 Å². The zero-order chi connectivity index (χ0) is 11.7. The summed E-state index contributed by atoms with van der Waals surface area (Å²) in [6, 6.07) is 3.97. The van der Waals surface area contributed by atoms with Gasteiger partial charge in [-0.15, -0.1) is 0 Å². The highest BCUT2D eigenvalue weighted by Crippen LogP contribution is 2.12. The Morgan fingerprint density at radius 2 is 2.12 bits per heavy atom. The average Bonchev–Trinajstić information content (AvgIpc) is 2.94. The molecule has 0 radical (unpaired) electrons. The molecule has 1 saturated heterocycles. The van der Waals surface area contributed by atoms with Crippen molar-refractivity contribution in [1.29, 1.82) is 0 Å². The minimum absolute atomic E-state index is 0.913. The third kappa shape index (κ3) is 2.50. The molecule has 0 amide bonds. The summed E-state index contributed by atoms with van der Waals surface area (Å²) in [5.41, 5.74) is 0.913. The quantitative estimate of drug-likeness (QED) is 0.870. The van der Waals surface area contributed by atoms with Crippen molar-refractivity contribution in [2.24, 2.45) is 0 Å². The topological polar surface area (TPSA) is 33.4 Å². The lowest BCUT2D eigenvalue weighted by molar-refractivity contribution is 0.341. The summed E-state index contributed by atoms with van der Waals surface area (Å²) < 4.78 is 2.88. The van der Waals surface area contributed by atoms with Gasteiger partial charge in [0.2, 0.25) is 0 Å². The third-order valence-electron chi connectivity index (χ3n) is 3.19. The van der Waals surface area contributed by atoms with Crippen LogP contribution in [0.1, 0.15) is 18.7 Å². The zero-order valence-corrected chi connectivity index (χ0v) is 11.2. The van der Waals surface area contributed by atoms with Crippen molar-refractivity contribution in [2.45, 2.75) is 19.3 Å². The van der Waals surface area contributed by atoms with E-state index in [1.54, 1.807) is 0 Å². The Balaban J connectivity index is 1.72. The molecule has 3 rings (SSSR count). The van der Waals surface area contributed by atoms with Crippen molar-refractivity contribution < 1.29 is 0 Å². The fourth-order valence-corrected chi connectivity index (χ4v) is 2.60. The Bertz CT molecular complexity index is 516. The summed E-state index contributed by atoms with van der Waals surface area (Å²) in [5.74, 6) is 0.940. The molecule has 0 atom stereocenters. The van der Waals surface area contributed by atoms with E-state index < -0.39 is 0 Å². The second-order valence-electron chi connectivity index (χ2n) is 4.47. The van der Waals surface area contributed by atoms with E-state index in [1.807, 2.05) is 22.8 Å². The number of hydrogen-bond donors (Lipinski definition) is 0. The van der Waals surface area contributed by atoms with Crippen LogP contribution in [0.4, 0.5) is 0 Å². The van der Waals surface area contributed by atoms with Crippen LogP contribution < -0.4 is 0 Å². The fourth-order valence-electron chi connectivity index (χ4n) is 2.27. The van der Waals surface area contributed by atoms with Crippen LogP contribution in [0.15, 0.2) is 22.8 Å². The molecule has 0 unspecified atom stereocenters. The normalized spacial score (nSPS) is 17.0. The minimum Gasteiger partial charge on any atom is -0.303 e. The molecule has 0 bridgehead atoms. The van der Waals surface area contributed by atoms with E-state index >= 15 is 0 Å². The fraction of sp³-hybridized carbons (Fsp3) is 0.500. The van der Waals surface area contributed by atoms with Gasteiger partial charge in [0.15, 0.2) is 11.5 Å². The minimum atomic E-state index is 0.913. The maximum Gasteiger partial charge on any atom is 0.156 e. The number of nitrogens with zero attached hydrogens (tertiary/aromatic N) is 4. The number of likely N-dealkylation sites (tertiary alicyclic amines) is 1. The van der Waals surface area contributed by atoms with Crippen LogP contribution in [0.5, 0.6) is 0 Å². The summed E-state index contributed by atoms with van der Waals surface area (Å²) in [7, 11) is 0. The van der Waals surface area contributed by atoms with Gasteiger partial charge in [-0.1, -0.05) is 15.9 Å².